The monoisotopic (exact) mass is 326 g/mol. The van der Waals surface area contributed by atoms with Gasteiger partial charge in [-0.05, 0) is 37.0 Å². The van der Waals surface area contributed by atoms with Crippen LogP contribution in [0.5, 0.6) is 0 Å². The minimum Gasteiger partial charge on any atom is -0.394 e. The summed E-state index contributed by atoms with van der Waals surface area (Å²) in [5.41, 5.74) is 0.506. The molecule has 1 aromatic carbocycles. The zero-order chi connectivity index (χ0) is 16.4. The van der Waals surface area contributed by atoms with Crippen molar-refractivity contribution in [2.24, 2.45) is 0 Å². The molecule has 126 valence electrons. The number of carbonyl (C=O) groups excluding carboxylic acids is 1. The number of ether oxygens (including phenoxy) is 1. The number of nitrogens with one attached hydrogen (secondary N) is 1. The summed E-state index contributed by atoms with van der Waals surface area (Å²) in [6, 6.07) is 2.94. The largest absolute Gasteiger partial charge is 0.394 e. The Bertz CT molecular complexity index is 584. The number of benzene rings is 1. The van der Waals surface area contributed by atoms with Gasteiger partial charge in [0.05, 0.1) is 18.7 Å². The number of hydrogen-bond donors (Lipinski definition) is 2. The summed E-state index contributed by atoms with van der Waals surface area (Å²) in [7, 11) is 0. The molecule has 3 atom stereocenters. The second-order valence-corrected chi connectivity index (χ2v) is 5.98. The number of halogens is 2. The van der Waals surface area contributed by atoms with Gasteiger partial charge in [0.1, 0.15) is 6.10 Å². The van der Waals surface area contributed by atoms with Crippen LogP contribution in [0.1, 0.15) is 30.9 Å². The molecule has 2 saturated heterocycles. The molecule has 7 heteroatoms. The van der Waals surface area contributed by atoms with E-state index in [1.54, 1.807) is 4.90 Å². The Morgan fingerprint density at radius 1 is 1.35 bits per heavy atom. The summed E-state index contributed by atoms with van der Waals surface area (Å²) in [5, 5.41) is 12.2. The smallest absolute Gasteiger partial charge is 0.318 e. The summed E-state index contributed by atoms with van der Waals surface area (Å²) in [4.78, 5) is 14.0. The van der Waals surface area contributed by atoms with Crippen molar-refractivity contribution < 1.29 is 23.4 Å². The SMILES string of the molecule is O=C(NC1CCOC1c1ccc(F)c(F)c1)N1CCC[C@H]1CO. The van der Waals surface area contributed by atoms with E-state index in [1.165, 1.54) is 6.07 Å². The van der Waals surface area contributed by atoms with Crippen LogP contribution in [0.15, 0.2) is 18.2 Å². The Labute approximate surface area is 133 Å². The van der Waals surface area contributed by atoms with Crippen LogP contribution in [0.4, 0.5) is 13.6 Å². The Morgan fingerprint density at radius 3 is 2.91 bits per heavy atom. The minimum absolute atomic E-state index is 0.0544. The average molecular weight is 326 g/mol. The van der Waals surface area contributed by atoms with E-state index < -0.39 is 17.7 Å². The Balaban J connectivity index is 1.69. The van der Waals surface area contributed by atoms with Gasteiger partial charge in [0.25, 0.3) is 0 Å². The summed E-state index contributed by atoms with van der Waals surface area (Å²) in [5.74, 6) is -1.84. The molecule has 2 unspecified atom stereocenters. The van der Waals surface area contributed by atoms with E-state index in [0.717, 1.165) is 25.0 Å². The lowest BCUT2D eigenvalue weighted by molar-refractivity contribution is 0.0962. The molecule has 2 aliphatic rings. The second kappa shape index (κ2) is 6.80. The number of carbonyl (C=O) groups is 1. The van der Waals surface area contributed by atoms with Gasteiger partial charge in [-0.3, -0.25) is 0 Å². The van der Waals surface area contributed by atoms with Crippen LogP contribution in [0.2, 0.25) is 0 Å². The molecule has 0 bridgehead atoms. The van der Waals surface area contributed by atoms with E-state index in [0.29, 0.717) is 25.1 Å². The third-order valence-corrected chi connectivity index (χ3v) is 4.52. The number of rotatable bonds is 3. The molecule has 2 amide bonds. The number of likely N-dealkylation sites (tertiary alicyclic amines) is 1. The summed E-state index contributed by atoms with van der Waals surface area (Å²) in [6.07, 6.45) is 1.76. The fraction of sp³-hybridized carbons (Fsp3) is 0.562. The number of nitrogens with zero attached hydrogens (tertiary/aromatic N) is 1. The maximum atomic E-state index is 13.4. The molecule has 0 saturated carbocycles. The molecular weight excluding hydrogens is 306 g/mol. The molecule has 2 aliphatic heterocycles. The summed E-state index contributed by atoms with van der Waals surface area (Å²) in [6.45, 7) is 1.000. The van der Waals surface area contributed by atoms with Crippen molar-refractivity contribution in [1.29, 1.82) is 0 Å². The third kappa shape index (κ3) is 3.30. The van der Waals surface area contributed by atoms with Gasteiger partial charge in [-0.25, -0.2) is 13.6 Å². The molecule has 3 rings (SSSR count). The molecule has 0 aliphatic carbocycles. The van der Waals surface area contributed by atoms with Crippen molar-refractivity contribution in [2.75, 3.05) is 19.8 Å². The number of aliphatic hydroxyl groups is 1. The van der Waals surface area contributed by atoms with Gasteiger partial charge in [-0.2, -0.15) is 0 Å². The van der Waals surface area contributed by atoms with Crippen LogP contribution < -0.4 is 5.32 Å². The quantitative estimate of drug-likeness (QED) is 0.893. The van der Waals surface area contributed by atoms with E-state index in [1.807, 2.05) is 0 Å². The molecule has 2 fully saturated rings. The maximum Gasteiger partial charge on any atom is 0.318 e. The molecule has 0 radical (unpaired) electrons. The van der Waals surface area contributed by atoms with Crippen molar-refractivity contribution in [2.45, 2.75) is 37.5 Å². The lowest BCUT2D eigenvalue weighted by Crippen LogP contribution is -2.48. The van der Waals surface area contributed by atoms with Gasteiger partial charge in [-0.1, -0.05) is 6.07 Å². The normalized spacial score (nSPS) is 27.4. The first kappa shape index (κ1) is 16.1. The van der Waals surface area contributed by atoms with Crippen molar-refractivity contribution in [3.05, 3.63) is 35.4 Å². The molecule has 0 aromatic heterocycles. The van der Waals surface area contributed by atoms with E-state index in [2.05, 4.69) is 5.32 Å². The van der Waals surface area contributed by atoms with Crippen LogP contribution in [-0.4, -0.2) is 47.9 Å². The van der Waals surface area contributed by atoms with Crippen LogP contribution in [0.3, 0.4) is 0 Å². The first-order valence-electron chi connectivity index (χ1n) is 7.84. The van der Waals surface area contributed by atoms with Gasteiger partial charge >= 0.3 is 6.03 Å². The zero-order valence-electron chi connectivity index (χ0n) is 12.7. The third-order valence-electron chi connectivity index (χ3n) is 4.52. The van der Waals surface area contributed by atoms with Gasteiger partial charge in [0.2, 0.25) is 0 Å². The van der Waals surface area contributed by atoms with Crippen LogP contribution in [-0.2, 0) is 4.74 Å². The van der Waals surface area contributed by atoms with Crippen molar-refractivity contribution in [3.63, 3.8) is 0 Å². The standard InChI is InChI=1S/C16H20F2N2O3/c17-12-4-3-10(8-13(12)18)15-14(5-7-23-15)19-16(22)20-6-1-2-11(20)9-21/h3-4,8,11,14-15,21H,1-2,5-7,9H2,(H,19,22)/t11-,14?,15?/m0/s1. The zero-order valence-corrected chi connectivity index (χ0v) is 12.7. The number of amides is 2. The van der Waals surface area contributed by atoms with Crippen LogP contribution in [0, 0.1) is 11.6 Å². The molecular formula is C16H20F2N2O3. The highest BCUT2D eigenvalue weighted by Crippen LogP contribution is 2.30. The second-order valence-electron chi connectivity index (χ2n) is 5.98. The predicted molar refractivity (Wildman–Crippen MR) is 78.8 cm³/mol. The van der Waals surface area contributed by atoms with Gasteiger partial charge in [0, 0.05) is 13.2 Å². The van der Waals surface area contributed by atoms with Gasteiger partial charge in [-0.15, -0.1) is 0 Å². The minimum atomic E-state index is -0.928. The highest BCUT2D eigenvalue weighted by molar-refractivity contribution is 5.75. The van der Waals surface area contributed by atoms with E-state index in [4.69, 9.17) is 4.74 Å². The Hall–Kier alpha value is -1.73. The molecule has 5 nitrogen and oxygen atoms in total. The van der Waals surface area contributed by atoms with E-state index >= 15 is 0 Å². The number of aliphatic hydroxyl groups excluding tert-OH is 1. The molecule has 1 aromatic rings. The summed E-state index contributed by atoms with van der Waals surface area (Å²) >= 11 is 0. The van der Waals surface area contributed by atoms with E-state index in [-0.39, 0.29) is 24.7 Å². The van der Waals surface area contributed by atoms with Crippen molar-refractivity contribution >= 4 is 6.03 Å². The molecule has 2 heterocycles. The molecule has 23 heavy (non-hydrogen) atoms. The lowest BCUT2D eigenvalue weighted by atomic mass is 10.0. The van der Waals surface area contributed by atoms with Crippen molar-refractivity contribution in [3.8, 4) is 0 Å². The topological polar surface area (TPSA) is 61.8 Å². The fourth-order valence-electron chi connectivity index (χ4n) is 3.29. The molecule has 2 N–H and O–H groups in total. The van der Waals surface area contributed by atoms with E-state index in [9.17, 15) is 18.7 Å². The first-order valence-corrected chi connectivity index (χ1v) is 7.84. The van der Waals surface area contributed by atoms with Gasteiger partial charge in [0.15, 0.2) is 11.6 Å². The number of urea groups is 1. The molecule has 0 spiro atoms. The van der Waals surface area contributed by atoms with Crippen LogP contribution in [0.25, 0.3) is 0 Å². The number of hydrogen-bond acceptors (Lipinski definition) is 3. The maximum absolute atomic E-state index is 13.4. The van der Waals surface area contributed by atoms with Gasteiger partial charge < -0.3 is 20.1 Å². The first-order chi connectivity index (χ1) is 11.1. The average Bonchev–Trinajstić information content (AvgIpc) is 3.18. The summed E-state index contributed by atoms with van der Waals surface area (Å²) < 4.78 is 32.1. The fourth-order valence-corrected chi connectivity index (χ4v) is 3.29. The lowest BCUT2D eigenvalue weighted by Gasteiger charge is -2.27. The Morgan fingerprint density at radius 2 is 2.17 bits per heavy atom. The van der Waals surface area contributed by atoms with Crippen molar-refractivity contribution in [1.82, 2.24) is 10.2 Å². The Kier molecular flexibility index (Phi) is 4.77. The van der Waals surface area contributed by atoms with Crippen LogP contribution >= 0.6 is 0 Å². The highest BCUT2D eigenvalue weighted by atomic mass is 19.2. The predicted octanol–water partition coefficient (Wildman–Crippen LogP) is 1.96. The highest BCUT2D eigenvalue weighted by Gasteiger charge is 2.35.